The van der Waals surface area contributed by atoms with Gasteiger partial charge in [0.15, 0.2) is 5.96 Å². The zero-order valence-electron chi connectivity index (χ0n) is 11.4. The van der Waals surface area contributed by atoms with Gasteiger partial charge in [-0.25, -0.2) is 0 Å². The summed E-state index contributed by atoms with van der Waals surface area (Å²) < 4.78 is 4.85. The predicted molar refractivity (Wildman–Crippen MR) is 72.4 cm³/mol. The molecule has 1 fully saturated rings. The highest BCUT2D eigenvalue weighted by Crippen LogP contribution is 2.09. The van der Waals surface area contributed by atoms with E-state index in [0.717, 1.165) is 13.1 Å². The van der Waals surface area contributed by atoms with E-state index in [9.17, 15) is 4.79 Å². The molecule has 1 aliphatic rings. The maximum absolute atomic E-state index is 11.1. The molecule has 0 saturated carbocycles. The van der Waals surface area contributed by atoms with Gasteiger partial charge in [-0.2, -0.15) is 0 Å². The quantitative estimate of drug-likeness (QED) is 0.350. The van der Waals surface area contributed by atoms with Crippen LogP contribution >= 0.6 is 0 Å². The van der Waals surface area contributed by atoms with Gasteiger partial charge in [-0.15, -0.1) is 0 Å². The fourth-order valence-corrected chi connectivity index (χ4v) is 2.05. The molecule has 0 atom stereocenters. The number of carbonyl (C=O) groups excluding carboxylic acids is 1. The van der Waals surface area contributed by atoms with E-state index in [-0.39, 0.29) is 5.97 Å². The maximum Gasteiger partial charge on any atom is 0.305 e. The van der Waals surface area contributed by atoms with Crippen molar-refractivity contribution in [3.8, 4) is 0 Å². The predicted octanol–water partition coefficient (Wildman–Crippen LogP) is 1.52. The van der Waals surface area contributed by atoms with Crippen LogP contribution in [-0.4, -0.2) is 43.1 Å². The second-order valence-corrected chi connectivity index (χ2v) is 4.55. The maximum atomic E-state index is 11.1. The Balaban J connectivity index is 2.21. The van der Waals surface area contributed by atoms with Crippen LogP contribution < -0.4 is 5.73 Å². The lowest BCUT2D eigenvalue weighted by atomic mass is 10.2. The van der Waals surface area contributed by atoms with E-state index in [1.54, 1.807) is 0 Å². The Morgan fingerprint density at radius 3 is 2.56 bits per heavy atom. The van der Waals surface area contributed by atoms with Gasteiger partial charge in [0.2, 0.25) is 0 Å². The third-order valence-corrected chi connectivity index (χ3v) is 3.05. The van der Waals surface area contributed by atoms with Gasteiger partial charge in [0.25, 0.3) is 0 Å². The number of nitrogens with two attached hydrogens (primary N) is 1. The lowest BCUT2D eigenvalue weighted by molar-refractivity contribution is -0.143. The molecule has 1 heterocycles. The molecule has 1 rings (SSSR count). The number of esters is 1. The van der Waals surface area contributed by atoms with Crippen LogP contribution in [0.25, 0.3) is 0 Å². The first-order valence-electron chi connectivity index (χ1n) is 6.94. The first-order valence-corrected chi connectivity index (χ1v) is 6.94. The summed E-state index contributed by atoms with van der Waals surface area (Å²) in [6.45, 7) is 4.87. The third-order valence-electron chi connectivity index (χ3n) is 3.05. The largest absolute Gasteiger partial charge is 0.466 e. The van der Waals surface area contributed by atoms with Crippen LogP contribution in [0.5, 0.6) is 0 Å². The van der Waals surface area contributed by atoms with Crippen LogP contribution in [0.1, 0.15) is 45.4 Å². The number of nitrogens with zero attached hydrogens (tertiary/aromatic N) is 2. The number of aliphatic imine (C=N–C) groups is 1. The Bertz CT molecular complexity index is 271. The summed E-state index contributed by atoms with van der Waals surface area (Å²) >= 11 is 0. The number of hydrogen-bond donors (Lipinski definition) is 1. The molecule has 2 N–H and O–H groups in total. The van der Waals surface area contributed by atoms with E-state index in [0.29, 0.717) is 32.0 Å². The number of hydrogen-bond acceptors (Lipinski definition) is 3. The van der Waals surface area contributed by atoms with Crippen molar-refractivity contribution >= 4 is 11.9 Å². The van der Waals surface area contributed by atoms with Crippen molar-refractivity contribution in [2.24, 2.45) is 10.7 Å². The summed E-state index contributed by atoms with van der Waals surface area (Å²) in [6, 6.07) is 0. The van der Waals surface area contributed by atoms with E-state index in [4.69, 9.17) is 10.5 Å². The molecule has 0 bridgehead atoms. The zero-order chi connectivity index (χ0) is 13.2. The number of guanidine groups is 1. The Morgan fingerprint density at radius 2 is 1.94 bits per heavy atom. The van der Waals surface area contributed by atoms with E-state index < -0.39 is 0 Å². The van der Waals surface area contributed by atoms with Crippen LogP contribution in [0.3, 0.4) is 0 Å². The van der Waals surface area contributed by atoms with Gasteiger partial charge in [-0.3, -0.25) is 9.79 Å². The van der Waals surface area contributed by atoms with E-state index >= 15 is 0 Å². The summed E-state index contributed by atoms with van der Waals surface area (Å²) in [5.41, 5.74) is 5.95. The summed E-state index contributed by atoms with van der Waals surface area (Å²) in [5.74, 6) is 0.474. The van der Waals surface area contributed by atoms with E-state index in [2.05, 4.69) is 9.89 Å². The second kappa shape index (κ2) is 8.78. The van der Waals surface area contributed by atoms with Gasteiger partial charge in [0.05, 0.1) is 6.61 Å². The molecule has 5 nitrogen and oxygen atoms in total. The fraction of sp³-hybridized carbons (Fsp3) is 0.846. The standard InChI is InChI=1S/C13H25N3O2/c1-2-18-12(17)8-7-9-15-13(14)16-10-5-3-4-6-11-16/h2-11H2,1H3,(H2,14,15). The lowest BCUT2D eigenvalue weighted by Crippen LogP contribution is -2.38. The number of carbonyl (C=O) groups is 1. The molecule has 0 unspecified atom stereocenters. The molecule has 0 aromatic heterocycles. The van der Waals surface area contributed by atoms with Crippen LogP contribution in [0.2, 0.25) is 0 Å². The molecule has 0 aromatic carbocycles. The lowest BCUT2D eigenvalue weighted by Gasteiger charge is -2.21. The molecule has 1 aliphatic heterocycles. The average molecular weight is 255 g/mol. The molecule has 1 saturated heterocycles. The number of likely N-dealkylation sites (tertiary alicyclic amines) is 1. The zero-order valence-corrected chi connectivity index (χ0v) is 11.4. The highest BCUT2D eigenvalue weighted by atomic mass is 16.5. The van der Waals surface area contributed by atoms with Gasteiger partial charge >= 0.3 is 5.97 Å². The Morgan fingerprint density at radius 1 is 1.28 bits per heavy atom. The molecule has 0 spiro atoms. The van der Waals surface area contributed by atoms with Gasteiger partial charge < -0.3 is 15.4 Å². The minimum atomic E-state index is -0.152. The van der Waals surface area contributed by atoms with Crippen molar-refractivity contribution in [3.05, 3.63) is 0 Å². The summed E-state index contributed by atoms with van der Waals surface area (Å²) in [7, 11) is 0. The van der Waals surface area contributed by atoms with Crippen LogP contribution in [0.4, 0.5) is 0 Å². The first kappa shape index (κ1) is 14.8. The molecular formula is C13H25N3O2. The minimum absolute atomic E-state index is 0.152. The smallest absolute Gasteiger partial charge is 0.305 e. The van der Waals surface area contributed by atoms with Crippen molar-refractivity contribution in [2.45, 2.75) is 45.4 Å². The third kappa shape index (κ3) is 5.89. The van der Waals surface area contributed by atoms with Crippen molar-refractivity contribution in [3.63, 3.8) is 0 Å². The van der Waals surface area contributed by atoms with Crippen molar-refractivity contribution < 1.29 is 9.53 Å². The topological polar surface area (TPSA) is 67.9 Å². The summed E-state index contributed by atoms with van der Waals surface area (Å²) in [4.78, 5) is 17.6. The highest BCUT2D eigenvalue weighted by Gasteiger charge is 2.10. The Kier molecular flexibility index (Phi) is 7.22. The van der Waals surface area contributed by atoms with Gasteiger partial charge in [0, 0.05) is 26.1 Å². The average Bonchev–Trinajstić information content (AvgIpc) is 2.63. The highest BCUT2D eigenvalue weighted by molar-refractivity contribution is 5.78. The molecule has 18 heavy (non-hydrogen) atoms. The fourth-order valence-electron chi connectivity index (χ4n) is 2.05. The molecule has 0 aromatic rings. The van der Waals surface area contributed by atoms with Crippen LogP contribution in [-0.2, 0) is 9.53 Å². The Hall–Kier alpha value is -1.26. The van der Waals surface area contributed by atoms with Crippen molar-refractivity contribution in [1.29, 1.82) is 0 Å². The van der Waals surface area contributed by atoms with Gasteiger partial charge in [-0.05, 0) is 26.2 Å². The number of ether oxygens (including phenoxy) is 1. The van der Waals surface area contributed by atoms with Crippen molar-refractivity contribution in [2.75, 3.05) is 26.2 Å². The van der Waals surface area contributed by atoms with Gasteiger partial charge in [-0.1, -0.05) is 12.8 Å². The second-order valence-electron chi connectivity index (χ2n) is 4.55. The number of rotatable bonds is 5. The molecule has 104 valence electrons. The first-order chi connectivity index (χ1) is 8.74. The van der Waals surface area contributed by atoms with E-state index in [1.807, 2.05) is 6.92 Å². The minimum Gasteiger partial charge on any atom is -0.466 e. The normalized spacial score (nSPS) is 17.4. The molecule has 5 heteroatoms. The van der Waals surface area contributed by atoms with Crippen molar-refractivity contribution in [1.82, 2.24) is 4.90 Å². The summed E-state index contributed by atoms with van der Waals surface area (Å²) in [5, 5.41) is 0. The molecule has 0 amide bonds. The molecular weight excluding hydrogens is 230 g/mol. The SMILES string of the molecule is CCOC(=O)CCCN=C(N)N1CCCCCC1. The molecule has 0 aliphatic carbocycles. The van der Waals surface area contributed by atoms with E-state index in [1.165, 1.54) is 25.7 Å². The summed E-state index contributed by atoms with van der Waals surface area (Å²) in [6.07, 6.45) is 6.08. The van der Waals surface area contributed by atoms with Crippen LogP contribution in [0.15, 0.2) is 4.99 Å². The van der Waals surface area contributed by atoms with Crippen LogP contribution in [0, 0.1) is 0 Å². The van der Waals surface area contributed by atoms with Gasteiger partial charge in [0.1, 0.15) is 0 Å². The Labute approximate surface area is 109 Å². The molecule has 0 radical (unpaired) electrons. The monoisotopic (exact) mass is 255 g/mol.